The number of aliphatic hydroxyl groups is 1. The lowest BCUT2D eigenvalue weighted by Crippen LogP contribution is -2.46. The van der Waals surface area contributed by atoms with Crippen LogP contribution in [-0.2, 0) is 10.0 Å². The SMILES string of the molecule is CC1CN(S(=O)(=O)CC2CCCCC2)CCC1O. The summed E-state index contributed by atoms with van der Waals surface area (Å²) in [5, 5.41) is 9.66. The van der Waals surface area contributed by atoms with Crippen molar-refractivity contribution in [2.75, 3.05) is 18.8 Å². The van der Waals surface area contributed by atoms with Crippen LogP contribution in [0.25, 0.3) is 0 Å². The van der Waals surface area contributed by atoms with Crippen molar-refractivity contribution in [1.82, 2.24) is 4.31 Å². The van der Waals surface area contributed by atoms with Crippen LogP contribution in [0.15, 0.2) is 0 Å². The number of nitrogens with zero attached hydrogens (tertiary/aromatic N) is 1. The van der Waals surface area contributed by atoms with E-state index in [1.165, 1.54) is 19.3 Å². The van der Waals surface area contributed by atoms with E-state index in [2.05, 4.69) is 0 Å². The molecule has 0 amide bonds. The highest BCUT2D eigenvalue weighted by Crippen LogP contribution is 2.27. The van der Waals surface area contributed by atoms with Gasteiger partial charge in [-0.2, -0.15) is 0 Å². The van der Waals surface area contributed by atoms with Gasteiger partial charge in [0.05, 0.1) is 11.9 Å². The highest BCUT2D eigenvalue weighted by Gasteiger charge is 2.33. The first kappa shape index (κ1) is 14.3. The Morgan fingerprint density at radius 1 is 1.17 bits per heavy atom. The topological polar surface area (TPSA) is 57.6 Å². The van der Waals surface area contributed by atoms with Crippen LogP contribution in [0, 0.1) is 11.8 Å². The summed E-state index contributed by atoms with van der Waals surface area (Å²) in [7, 11) is -3.12. The molecule has 2 atom stereocenters. The molecule has 2 aliphatic rings. The maximum atomic E-state index is 12.4. The zero-order chi connectivity index (χ0) is 13.2. The molecule has 1 N–H and O–H groups in total. The van der Waals surface area contributed by atoms with E-state index in [9.17, 15) is 13.5 Å². The second-order valence-electron chi connectivity index (χ2n) is 5.97. The summed E-state index contributed by atoms with van der Waals surface area (Å²) in [5.74, 6) is 0.723. The maximum absolute atomic E-state index is 12.4. The Kier molecular flexibility index (Phi) is 4.67. The molecule has 106 valence electrons. The van der Waals surface area contributed by atoms with Crippen molar-refractivity contribution in [3.63, 3.8) is 0 Å². The van der Waals surface area contributed by atoms with Gasteiger partial charge < -0.3 is 5.11 Å². The van der Waals surface area contributed by atoms with Crippen molar-refractivity contribution in [2.45, 2.75) is 51.6 Å². The first-order valence-corrected chi connectivity index (χ1v) is 8.76. The third kappa shape index (κ3) is 3.45. The Morgan fingerprint density at radius 2 is 1.83 bits per heavy atom. The molecule has 0 radical (unpaired) electrons. The average Bonchev–Trinajstić information content (AvgIpc) is 2.33. The predicted molar refractivity (Wildman–Crippen MR) is 71.7 cm³/mol. The molecule has 1 aliphatic heterocycles. The zero-order valence-electron chi connectivity index (χ0n) is 11.2. The molecule has 2 rings (SSSR count). The highest BCUT2D eigenvalue weighted by molar-refractivity contribution is 7.89. The Hall–Kier alpha value is -0.130. The van der Waals surface area contributed by atoms with Crippen LogP contribution in [-0.4, -0.2) is 42.8 Å². The fraction of sp³-hybridized carbons (Fsp3) is 1.00. The van der Waals surface area contributed by atoms with E-state index >= 15 is 0 Å². The Bertz CT molecular complexity index is 362. The first-order chi connectivity index (χ1) is 8.49. The molecule has 2 unspecified atom stereocenters. The molecule has 0 spiro atoms. The van der Waals surface area contributed by atoms with Gasteiger partial charge in [0.15, 0.2) is 0 Å². The second-order valence-corrected chi connectivity index (χ2v) is 7.99. The molecule has 0 aromatic rings. The van der Waals surface area contributed by atoms with Gasteiger partial charge in [-0.1, -0.05) is 26.2 Å². The minimum atomic E-state index is -3.12. The van der Waals surface area contributed by atoms with E-state index < -0.39 is 10.0 Å². The number of piperidine rings is 1. The molecule has 4 nitrogen and oxygen atoms in total. The molecule has 1 aliphatic carbocycles. The minimum absolute atomic E-state index is 0.0554. The van der Waals surface area contributed by atoms with Crippen molar-refractivity contribution >= 4 is 10.0 Å². The van der Waals surface area contributed by atoms with E-state index in [0.29, 0.717) is 31.2 Å². The molecule has 0 aromatic carbocycles. The number of rotatable bonds is 3. The van der Waals surface area contributed by atoms with Gasteiger partial charge in [-0.3, -0.25) is 0 Å². The van der Waals surface area contributed by atoms with Gasteiger partial charge in [-0.05, 0) is 31.1 Å². The Morgan fingerprint density at radius 3 is 2.44 bits per heavy atom. The van der Waals surface area contributed by atoms with Crippen LogP contribution in [0.1, 0.15) is 45.4 Å². The van der Waals surface area contributed by atoms with Crippen molar-refractivity contribution in [1.29, 1.82) is 0 Å². The highest BCUT2D eigenvalue weighted by atomic mass is 32.2. The number of aliphatic hydroxyl groups excluding tert-OH is 1. The summed E-state index contributed by atoms with van der Waals surface area (Å²) < 4.78 is 26.3. The summed E-state index contributed by atoms with van der Waals surface area (Å²) in [4.78, 5) is 0. The van der Waals surface area contributed by atoms with E-state index in [1.807, 2.05) is 6.92 Å². The van der Waals surface area contributed by atoms with Crippen molar-refractivity contribution < 1.29 is 13.5 Å². The standard InChI is InChI=1S/C13H25NO3S/c1-11-9-14(8-7-13(11)15)18(16,17)10-12-5-3-2-4-6-12/h11-13,15H,2-10H2,1H3. The molecule has 18 heavy (non-hydrogen) atoms. The fourth-order valence-corrected chi connectivity index (χ4v) is 5.09. The molecule has 1 saturated heterocycles. The lowest BCUT2D eigenvalue weighted by atomic mass is 9.91. The van der Waals surface area contributed by atoms with Crippen LogP contribution in [0.5, 0.6) is 0 Å². The third-order valence-corrected chi connectivity index (χ3v) is 6.40. The molecular formula is C13H25NO3S. The molecule has 1 saturated carbocycles. The smallest absolute Gasteiger partial charge is 0.214 e. The molecule has 1 heterocycles. The van der Waals surface area contributed by atoms with Crippen molar-refractivity contribution in [2.24, 2.45) is 11.8 Å². The van der Waals surface area contributed by atoms with Crippen LogP contribution < -0.4 is 0 Å². The lowest BCUT2D eigenvalue weighted by Gasteiger charge is -2.34. The minimum Gasteiger partial charge on any atom is -0.393 e. The summed E-state index contributed by atoms with van der Waals surface area (Å²) in [5.41, 5.74) is 0. The third-order valence-electron chi connectivity index (χ3n) is 4.39. The average molecular weight is 275 g/mol. The molecular weight excluding hydrogens is 250 g/mol. The summed E-state index contributed by atoms with van der Waals surface area (Å²) >= 11 is 0. The quantitative estimate of drug-likeness (QED) is 0.851. The van der Waals surface area contributed by atoms with Gasteiger partial charge in [-0.25, -0.2) is 12.7 Å². The predicted octanol–water partition coefficient (Wildman–Crippen LogP) is 1.60. The largest absolute Gasteiger partial charge is 0.393 e. The van der Waals surface area contributed by atoms with Crippen LogP contribution in [0.4, 0.5) is 0 Å². The molecule has 5 heteroatoms. The number of sulfonamides is 1. The normalized spacial score (nSPS) is 32.6. The van der Waals surface area contributed by atoms with E-state index in [4.69, 9.17) is 0 Å². The summed E-state index contributed by atoms with van der Waals surface area (Å²) in [6.07, 6.45) is 5.96. The van der Waals surface area contributed by atoms with E-state index in [-0.39, 0.29) is 12.0 Å². The second kappa shape index (κ2) is 5.88. The molecule has 0 bridgehead atoms. The number of hydrogen-bond acceptors (Lipinski definition) is 3. The van der Waals surface area contributed by atoms with Gasteiger partial charge >= 0.3 is 0 Å². The van der Waals surface area contributed by atoms with Crippen LogP contribution in [0.2, 0.25) is 0 Å². The Balaban J connectivity index is 1.93. The first-order valence-electron chi connectivity index (χ1n) is 7.15. The molecule has 2 fully saturated rings. The summed E-state index contributed by atoms with van der Waals surface area (Å²) in [6.45, 7) is 2.89. The molecule has 0 aromatic heterocycles. The zero-order valence-corrected chi connectivity index (χ0v) is 12.0. The van der Waals surface area contributed by atoms with Crippen molar-refractivity contribution in [3.8, 4) is 0 Å². The van der Waals surface area contributed by atoms with Gasteiger partial charge in [0, 0.05) is 13.1 Å². The maximum Gasteiger partial charge on any atom is 0.214 e. The van der Waals surface area contributed by atoms with E-state index in [0.717, 1.165) is 12.8 Å². The lowest BCUT2D eigenvalue weighted by molar-refractivity contribution is 0.0627. The van der Waals surface area contributed by atoms with Gasteiger partial charge in [-0.15, -0.1) is 0 Å². The van der Waals surface area contributed by atoms with Gasteiger partial charge in [0.2, 0.25) is 10.0 Å². The number of hydrogen-bond donors (Lipinski definition) is 1. The monoisotopic (exact) mass is 275 g/mol. The van der Waals surface area contributed by atoms with Gasteiger partial charge in [0.25, 0.3) is 0 Å². The van der Waals surface area contributed by atoms with Gasteiger partial charge in [0.1, 0.15) is 0 Å². The Labute approximate surface area is 110 Å². The van der Waals surface area contributed by atoms with Crippen LogP contribution >= 0.6 is 0 Å². The fourth-order valence-electron chi connectivity index (χ4n) is 3.10. The van der Waals surface area contributed by atoms with Crippen LogP contribution in [0.3, 0.4) is 0 Å². The van der Waals surface area contributed by atoms with Crippen molar-refractivity contribution in [3.05, 3.63) is 0 Å². The van der Waals surface area contributed by atoms with E-state index in [1.54, 1.807) is 4.31 Å². The summed E-state index contributed by atoms with van der Waals surface area (Å²) in [6, 6.07) is 0.